The lowest BCUT2D eigenvalue weighted by molar-refractivity contribution is -0.150. The Balaban J connectivity index is 1.34. The van der Waals surface area contributed by atoms with E-state index in [1.165, 1.54) is 0 Å². The standard InChI is InChI=1S/C36H46N6O6/c1-7-47-34(45)36-20-23(36)12-10-8-9-11-16-41(5)33(44)27-19-24(18-26(27)31(43)39-36)48-32-25-13-14-29(46-6)22(4)30(25)37-35(38-32)42-17-15-28(40-42)21(2)3/h10,12-15,17,21,23-24,26-27H,7-9,11,16,18-20H2,1-6H3,(H,39,43). The van der Waals surface area contributed by atoms with Crippen LogP contribution in [0.4, 0.5) is 0 Å². The minimum absolute atomic E-state index is 0.0991. The van der Waals surface area contributed by atoms with E-state index in [0.717, 1.165) is 30.5 Å². The zero-order valence-corrected chi connectivity index (χ0v) is 28.7. The highest BCUT2D eigenvalue weighted by atomic mass is 16.5. The summed E-state index contributed by atoms with van der Waals surface area (Å²) in [4.78, 5) is 52.5. The van der Waals surface area contributed by atoms with E-state index in [1.807, 2.05) is 37.4 Å². The maximum Gasteiger partial charge on any atom is 0.332 e. The van der Waals surface area contributed by atoms with Crippen LogP contribution in [0.25, 0.3) is 16.9 Å². The van der Waals surface area contributed by atoms with Crippen LogP contribution in [0.5, 0.6) is 11.6 Å². The first-order chi connectivity index (χ1) is 23.1. The van der Waals surface area contributed by atoms with Crippen LogP contribution in [-0.4, -0.2) is 81.4 Å². The maximum atomic E-state index is 14.1. The average molecular weight is 659 g/mol. The van der Waals surface area contributed by atoms with Gasteiger partial charge < -0.3 is 24.4 Å². The van der Waals surface area contributed by atoms with Gasteiger partial charge in [0.25, 0.3) is 5.95 Å². The second-order valence-electron chi connectivity index (χ2n) is 13.6. The van der Waals surface area contributed by atoms with E-state index in [1.54, 1.807) is 30.7 Å². The van der Waals surface area contributed by atoms with Crippen LogP contribution in [0, 0.1) is 24.7 Å². The number of carbonyl (C=O) groups excluding carboxylic acids is 3. The van der Waals surface area contributed by atoms with Crippen molar-refractivity contribution in [1.82, 2.24) is 30.0 Å². The largest absolute Gasteiger partial charge is 0.496 e. The molecule has 5 atom stereocenters. The first-order valence-corrected chi connectivity index (χ1v) is 17.0. The highest BCUT2D eigenvalue weighted by Crippen LogP contribution is 2.47. The van der Waals surface area contributed by atoms with Crippen molar-refractivity contribution in [3.8, 4) is 17.6 Å². The number of hydrogen-bond donors (Lipinski definition) is 1. The van der Waals surface area contributed by atoms with Gasteiger partial charge in [-0.05, 0) is 76.5 Å². The molecule has 1 aromatic carbocycles. The van der Waals surface area contributed by atoms with Gasteiger partial charge in [0.15, 0.2) is 0 Å². The molecule has 0 spiro atoms. The number of nitrogens with zero attached hydrogens (tertiary/aromatic N) is 5. The summed E-state index contributed by atoms with van der Waals surface area (Å²) in [5.41, 5.74) is 1.28. The molecule has 2 aromatic heterocycles. The summed E-state index contributed by atoms with van der Waals surface area (Å²) in [6, 6.07) is 5.66. The summed E-state index contributed by atoms with van der Waals surface area (Å²) in [7, 11) is 3.41. The number of ether oxygens (including phenoxy) is 3. The molecule has 1 aliphatic heterocycles. The third-order valence-electron chi connectivity index (χ3n) is 9.96. The molecule has 5 unspecified atom stereocenters. The monoisotopic (exact) mass is 658 g/mol. The van der Waals surface area contributed by atoms with Gasteiger partial charge in [0, 0.05) is 31.3 Å². The van der Waals surface area contributed by atoms with Crippen molar-refractivity contribution in [2.24, 2.45) is 17.8 Å². The van der Waals surface area contributed by atoms with Crippen LogP contribution in [-0.2, 0) is 19.1 Å². The Kier molecular flexibility index (Phi) is 9.44. The molecule has 0 bridgehead atoms. The molecule has 2 fully saturated rings. The molecule has 3 aromatic rings. The number of nitrogens with one attached hydrogen (secondary N) is 1. The van der Waals surface area contributed by atoms with Gasteiger partial charge in [-0.2, -0.15) is 10.1 Å². The van der Waals surface area contributed by atoms with Crippen molar-refractivity contribution in [2.45, 2.75) is 83.8 Å². The molecule has 2 aliphatic carbocycles. The molecule has 12 nitrogen and oxygen atoms in total. The van der Waals surface area contributed by atoms with E-state index in [9.17, 15) is 14.4 Å². The number of esters is 1. The Hall–Kier alpha value is -4.48. The number of allylic oxidation sites excluding steroid dienone is 1. The fourth-order valence-corrected chi connectivity index (χ4v) is 7.04. The van der Waals surface area contributed by atoms with Crippen LogP contribution in [0.2, 0.25) is 0 Å². The number of benzene rings is 1. The van der Waals surface area contributed by atoms with Gasteiger partial charge in [-0.3, -0.25) is 9.59 Å². The highest BCUT2D eigenvalue weighted by Gasteiger charge is 2.62. The Morgan fingerprint density at radius 2 is 1.92 bits per heavy atom. The van der Waals surface area contributed by atoms with Crippen LogP contribution < -0.4 is 14.8 Å². The lowest BCUT2D eigenvalue weighted by Crippen LogP contribution is -2.50. The van der Waals surface area contributed by atoms with E-state index >= 15 is 0 Å². The van der Waals surface area contributed by atoms with Gasteiger partial charge in [0.2, 0.25) is 17.7 Å². The summed E-state index contributed by atoms with van der Waals surface area (Å²) >= 11 is 0. The number of methoxy groups -OCH3 is 1. The second-order valence-corrected chi connectivity index (χ2v) is 13.6. The van der Waals surface area contributed by atoms with E-state index < -0.39 is 29.4 Å². The predicted molar refractivity (Wildman–Crippen MR) is 179 cm³/mol. The molecule has 3 heterocycles. The lowest BCUT2D eigenvalue weighted by atomic mass is 9.93. The minimum Gasteiger partial charge on any atom is -0.496 e. The molecule has 1 N–H and O–H groups in total. The fraction of sp³-hybridized carbons (Fsp3) is 0.556. The molecule has 0 saturated heterocycles. The van der Waals surface area contributed by atoms with E-state index in [-0.39, 0.29) is 36.7 Å². The molecular formula is C36H46N6O6. The normalized spacial score (nSPS) is 26.1. The van der Waals surface area contributed by atoms with E-state index in [0.29, 0.717) is 47.9 Å². The number of rotatable bonds is 7. The van der Waals surface area contributed by atoms with Gasteiger partial charge in [-0.15, -0.1) is 0 Å². The topological polar surface area (TPSA) is 138 Å². The number of amides is 2. The zero-order chi connectivity index (χ0) is 34.2. The van der Waals surface area contributed by atoms with Gasteiger partial charge in [-0.1, -0.05) is 26.0 Å². The smallest absolute Gasteiger partial charge is 0.332 e. The third kappa shape index (κ3) is 6.36. The predicted octanol–water partition coefficient (Wildman–Crippen LogP) is 4.67. The van der Waals surface area contributed by atoms with E-state index in [2.05, 4.69) is 25.2 Å². The van der Waals surface area contributed by atoms with Gasteiger partial charge in [0.05, 0.1) is 42.1 Å². The molecule has 256 valence electrons. The van der Waals surface area contributed by atoms with Crippen molar-refractivity contribution in [2.75, 3.05) is 27.3 Å². The average Bonchev–Trinajstić information content (AvgIpc) is 3.37. The quantitative estimate of drug-likeness (QED) is 0.284. The van der Waals surface area contributed by atoms with Crippen molar-refractivity contribution in [1.29, 1.82) is 0 Å². The second kappa shape index (κ2) is 13.6. The Morgan fingerprint density at radius 1 is 1.12 bits per heavy atom. The first-order valence-electron chi connectivity index (χ1n) is 17.0. The molecule has 3 aliphatic rings. The number of fused-ring (bicyclic) bond motifs is 3. The lowest BCUT2D eigenvalue weighted by Gasteiger charge is -2.26. The molecule has 2 saturated carbocycles. The molecule has 2 amide bonds. The van der Waals surface area contributed by atoms with Gasteiger partial charge in [-0.25, -0.2) is 14.5 Å². The van der Waals surface area contributed by atoms with Crippen LogP contribution in [0.3, 0.4) is 0 Å². The van der Waals surface area contributed by atoms with Crippen molar-refractivity contribution < 1.29 is 28.6 Å². The fourth-order valence-electron chi connectivity index (χ4n) is 7.04. The summed E-state index contributed by atoms with van der Waals surface area (Å²) in [5.74, 6) is -0.735. The Labute approximate surface area is 281 Å². The zero-order valence-electron chi connectivity index (χ0n) is 28.7. The molecule has 0 radical (unpaired) electrons. The summed E-state index contributed by atoms with van der Waals surface area (Å²) < 4.78 is 19.3. The number of aryl methyl sites for hydroxylation is 1. The summed E-state index contributed by atoms with van der Waals surface area (Å²) in [6.45, 7) is 8.65. The number of aromatic nitrogens is 4. The van der Waals surface area contributed by atoms with Crippen LogP contribution in [0.15, 0.2) is 36.5 Å². The molecular weight excluding hydrogens is 612 g/mol. The Bertz CT molecular complexity index is 1730. The molecule has 6 rings (SSSR count). The summed E-state index contributed by atoms with van der Waals surface area (Å²) in [5, 5.41) is 8.43. The van der Waals surface area contributed by atoms with Crippen LogP contribution in [0.1, 0.15) is 76.5 Å². The Morgan fingerprint density at radius 3 is 2.65 bits per heavy atom. The maximum absolute atomic E-state index is 14.1. The van der Waals surface area contributed by atoms with Crippen molar-refractivity contribution in [3.63, 3.8) is 0 Å². The highest BCUT2D eigenvalue weighted by molar-refractivity contribution is 5.95. The third-order valence-corrected chi connectivity index (χ3v) is 9.96. The summed E-state index contributed by atoms with van der Waals surface area (Å²) in [6.07, 6.45) is 9.10. The molecule has 12 heteroatoms. The van der Waals surface area contributed by atoms with Crippen molar-refractivity contribution in [3.05, 3.63) is 47.8 Å². The minimum atomic E-state index is -1.11. The number of carbonyl (C=O) groups is 3. The van der Waals surface area contributed by atoms with Gasteiger partial charge >= 0.3 is 5.97 Å². The SMILES string of the molecule is CCOC(=O)C12CC1C=CCCCCN(C)C(=O)C1CC(Oc3nc(-n4ccc(C(C)C)n4)nc4c(C)c(OC)ccc34)CC1C(=O)N2. The van der Waals surface area contributed by atoms with Gasteiger partial charge in [0.1, 0.15) is 17.4 Å². The molecule has 48 heavy (non-hydrogen) atoms. The number of hydrogen-bond acceptors (Lipinski definition) is 9. The van der Waals surface area contributed by atoms with E-state index in [4.69, 9.17) is 29.3 Å². The van der Waals surface area contributed by atoms with Crippen LogP contribution >= 0.6 is 0 Å². The first kappa shape index (κ1) is 33.4. The van der Waals surface area contributed by atoms with Crippen molar-refractivity contribution >= 4 is 28.7 Å².